The van der Waals surface area contributed by atoms with Crippen LogP contribution in [0, 0.1) is 5.82 Å². The molecule has 4 heterocycles. The van der Waals surface area contributed by atoms with Crippen LogP contribution >= 0.6 is 0 Å². The van der Waals surface area contributed by atoms with Crippen molar-refractivity contribution < 1.29 is 9.18 Å². The second-order valence-corrected chi connectivity index (χ2v) is 10.7. The first-order chi connectivity index (χ1) is 20.5. The minimum Gasteiger partial charge on any atom is -0.364 e. The van der Waals surface area contributed by atoms with Crippen molar-refractivity contribution in [3.8, 4) is 16.8 Å². The van der Waals surface area contributed by atoms with Crippen molar-refractivity contribution in [3.05, 3.63) is 108 Å². The number of aromatic amines is 1. The van der Waals surface area contributed by atoms with Gasteiger partial charge in [-0.2, -0.15) is 10.2 Å². The average Bonchev–Trinajstić information content (AvgIpc) is 3.79. The average molecular weight is 562 g/mol. The summed E-state index contributed by atoms with van der Waals surface area (Å²) in [6.07, 6.45) is 11.8. The van der Waals surface area contributed by atoms with E-state index in [1.165, 1.54) is 12.1 Å². The zero-order chi connectivity index (χ0) is 28.6. The van der Waals surface area contributed by atoms with E-state index in [4.69, 9.17) is 5.73 Å². The van der Waals surface area contributed by atoms with Crippen LogP contribution in [0.2, 0.25) is 0 Å². The number of primary amides is 1. The van der Waals surface area contributed by atoms with Crippen LogP contribution in [-0.4, -0.2) is 45.4 Å². The molecule has 0 aliphatic heterocycles. The number of carbonyl (C=O) groups is 1. The smallest absolute Gasteiger partial charge is 0.269 e. The number of fused-ring (bicyclic) bond motifs is 1. The number of nitrogens with one attached hydrogen (secondary N) is 1. The summed E-state index contributed by atoms with van der Waals surface area (Å²) in [4.78, 5) is 29.2. The van der Waals surface area contributed by atoms with Crippen LogP contribution in [-0.2, 0) is 13.0 Å². The van der Waals surface area contributed by atoms with Crippen molar-refractivity contribution in [2.24, 2.45) is 5.73 Å². The maximum absolute atomic E-state index is 14.8. The highest BCUT2D eigenvalue weighted by Crippen LogP contribution is 2.33. The summed E-state index contributed by atoms with van der Waals surface area (Å²) < 4.78 is 18.4. The van der Waals surface area contributed by atoms with E-state index in [0.29, 0.717) is 40.6 Å². The Morgan fingerprint density at radius 2 is 1.79 bits per heavy atom. The molecule has 210 valence electrons. The molecule has 2 aromatic carbocycles. The minimum atomic E-state index is -0.662. The summed E-state index contributed by atoms with van der Waals surface area (Å²) in [7, 11) is 0. The van der Waals surface area contributed by atoms with Crippen molar-refractivity contribution in [2.75, 3.05) is 0 Å². The van der Waals surface area contributed by atoms with Gasteiger partial charge in [0.2, 0.25) is 0 Å². The standard InChI is InChI=1S/C31H28FN9O/c32-24-11-20(12-26-36-27(29(33)42)28-31(37-26)39-30(38-28)21-8-4-5-9-21)10-22(13-24)23-14-35-41(17-23)25-15-34-40(18-25)16-19-6-2-1-3-7-19/h1-3,6-7,10-11,13-15,17-18,21H,4-5,8-9,12,16H2,(H2,33,42)(H,36,37,38,39). The Balaban J connectivity index is 1.14. The van der Waals surface area contributed by atoms with Gasteiger partial charge in [-0.25, -0.2) is 24.0 Å². The molecule has 0 atom stereocenters. The van der Waals surface area contributed by atoms with Gasteiger partial charge in [-0.05, 0) is 41.7 Å². The third kappa shape index (κ3) is 5.16. The maximum atomic E-state index is 14.8. The van der Waals surface area contributed by atoms with Crippen LogP contribution in [0.4, 0.5) is 4.39 Å². The second-order valence-electron chi connectivity index (χ2n) is 10.7. The zero-order valence-corrected chi connectivity index (χ0v) is 22.7. The lowest BCUT2D eigenvalue weighted by molar-refractivity contribution is 0.0996. The van der Waals surface area contributed by atoms with E-state index in [9.17, 15) is 9.18 Å². The molecule has 1 amide bonds. The summed E-state index contributed by atoms with van der Waals surface area (Å²) in [5, 5.41) is 8.93. The number of nitrogens with zero attached hydrogens (tertiary/aromatic N) is 7. The number of H-pyrrole nitrogens is 1. The molecule has 0 bridgehead atoms. The molecule has 1 aliphatic rings. The largest absolute Gasteiger partial charge is 0.364 e. The Labute approximate surface area is 240 Å². The van der Waals surface area contributed by atoms with Crippen LogP contribution in [0.25, 0.3) is 28.0 Å². The Morgan fingerprint density at radius 1 is 0.952 bits per heavy atom. The van der Waals surface area contributed by atoms with Crippen LogP contribution < -0.4 is 5.73 Å². The molecule has 6 aromatic rings. The molecular weight excluding hydrogens is 533 g/mol. The SMILES string of the molecule is NC(=O)c1nc(Cc2cc(F)cc(-c3cnn(-c4cnn(Cc5ccccc5)c4)c3)c2)nc2nc(C3CCCC3)[nH]c12. The fourth-order valence-corrected chi connectivity index (χ4v) is 5.65. The van der Waals surface area contributed by atoms with Gasteiger partial charge in [0.05, 0.1) is 25.1 Å². The first kappa shape index (κ1) is 25.8. The highest BCUT2D eigenvalue weighted by molar-refractivity contribution is 6.01. The second kappa shape index (κ2) is 10.7. The first-order valence-electron chi connectivity index (χ1n) is 14.0. The van der Waals surface area contributed by atoms with Crippen LogP contribution in [0.3, 0.4) is 0 Å². The molecule has 1 saturated carbocycles. The van der Waals surface area contributed by atoms with Crippen LogP contribution in [0.15, 0.2) is 73.3 Å². The molecule has 42 heavy (non-hydrogen) atoms. The third-order valence-corrected chi connectivity index (χ3v) is 7.70. The van der Waals surface area contributed by atoms with E-state index < -0.39 is 11.7 Å². The highest BCUT2D eigenvalue weighted by atomic mass is 19.1. The molecule has 0 unspecified atom stereocenters. The summed E-state index contributed by atoms with van der Waals surface area (Å²) in [6.45, 7) is 0.647. The Bertz CT molecular complexity index is 1900. The van der Waals surface area contributed by atoms with Gasteiger partial charge in [-0.3, -0.25) is 9.48 Å². The fourth-order valence-electron chi connectivity index (χ4n) is 5.65. The normalized spacial score (nSPS) is 13.7. The Hall–Kier alpha value is -5.19. The number of rotatable bonds is 8. The number of halogens is 1. The molecule has 11 heteroatoms. The molecule has 10 nitrogen and oxygen atoms in total. The van der Waals surface area contributed by atoms with Gasteiger partial charge in [-0.1, -0.05) is 49.2 Å². The van der Waals surface area contributed by atoms with Crippen molar-refractivity contribution in [3.63, 3.8) is 0 Å². The highest BCUT2D eigenvalue weighted by Gasteiger charge is 2.23. The quantitative estimate of drug-likeness (QED) is 0.271. The lowest BCUT2D eigenvalue weighted by Crippen LogP contribution is -2.16. The topological polar surface area (TPSA) is 133 Å². The molecule has 7 rings (SSSR count). The molecule has 1 fully saturated rings. The van der Waals surface area contributed by atoms with Gasteiger partial charge >= 0.3 is 0 Å². The fraction of sp³-hybridized carbons (Fsp3) is 0.226. The minimum absolute atomic E-state index is 0.0949. The van der Waals surface area contributed by atoms with Crippen molar-refractivity contribution in [1.29, 1.82) is 0 Å². The number of amides is 1. The predicted molar refractivity (Wildman–Crippen MR) is 155 cm³/mol. The number of hydrogen-bond donors (Lipinski definition) is 2. The molecule has 0 radical (unpaired) electrons. The van der Waals surface area contributed by atoms with Crippen molar-refractivity contribution >= 4 is 17.1 Å². The van der Waals surface area contributed by atoms with Crippen molar-refractivity contribution in [1.82, 2.24) is 39.5 Å². The van der Waals surface area contributed by atoms with Gasteiger partial charge < -0.3 is 10.7 Å². The number of nitrogens with two attached hydrogens (primary N) is 1. The van der Waals surface area contributed by atoms with Gasteiger partial charge in [-0.15, -0.1) is 0 Å². The molecular formula is C31H28FN9O. The molecule has 0 spiro atoms. The number of carbonyl (C=O) groups excluding carboxylic acids is 1. The number of imidazole rings is 1. The van der Waals surface area contributed by atoms with Gasteiger partial charge in [0.15, 0.2) is 11.3 Å². The van der Waals surface area contributed by atoms with Gasteiger partial charge in [0, 0.05) is 24.1 Å². The van der Waals surface area contributed by atoms with Gasteiger partial charge in [0.1, 0.15) is 28.7 Å². The summed E-state index contributed by atoms with van der Waals surface area (Å²) in [5.74, 6) is 0.411. The Morgan fingerprint density at radius 3 is 2.60 bits per heavy atom. The molecule has 3 N–H and O–H groups in total. The molecule has 4 aromatic heterocycles. The number of hydrogen-bond acceptors (Lipinski definition) is 6. The van der Waals surface area contributed by atoms with E-state index in [2.05, 4.69) is 42.3 Å². The lowest BCUT2D eigenvalue weighted by Gasteiger charge is -2.06. The van der Waals surface area contributed by atoms with E-state index >= 15 is 0 Å². The number of benzene rings is 2. The van der Waals surface area contributed by atoms with Gasteiger partial charge in [0.25, 0.3) is 5.91 Å². The van der Waals surface area contributed by atoms with E-state index in [0.717, 1.165) is 48.3 Å². The molecule has 1 aliphatic carbocycles. The summed E-state index contributed by atoms with van der Waals surface area (Å²) >= 11 is 0. The molecule has 0 saturated heterocycles. The van der Waals surface area contributed by atoms with Crippen molar-refractivity contribution in [2.45, 2.75) is 44.6 Å². The zero-order valence-electron chi connectivity index (χ0n) is 22.7. The monoisotopic (exact) mass is 561 g/mol. The van der Waals surface area contributed by atoms with E-state index in [1.807, 2.05) is 41.3 Å². The summed E-state index contributed by atoms with van der Waals surface area (Å²) in [6, 6.07) is 14.9. The Kier molecular flexibility index (Phi) is 6.54. The van der Waals surface area contributed by atoms with Crippen LogP contribution in [0.5, 0.6) is 0 Å². The third-order valence-electron chi connectivity index (χ3n) is 7.70. The van der Waals surface area contributed by atoms with E-state index in [1.54, 1.807) is 17.1 Å². The maximum Gasteiger partial charge on any atom is 0.269 e. The predicted octanol–water partition coefficient (Wildman–Crippen LogP) is 4.94. The first-order valence-corrected chi connectivity index (χ1v) is 14.0. The summed E-state index contributed by atoms with van der Waals surface area (Å²) in [5.41, 5.74) is 10.6. The lowest BCUT2D eigenvalue weighted by atomic mass is 10.0. The number of aromatic nitrogens is 8. The van der Waals surface area contributed by atoms with E-state index in [-0.39, 0.29) is 12.1 Å². The van der Waals surface area contributed by atoms with Crippen LogP contribution in [0.1, 0.15) is 64.9 Å².